The van der Waals surface area contributed by atoms with E-state index in [0.717, 1.165) is 17.8 Å². The van der Waals surface area contributed by atoms with Crippen molar-refractivity contribution in [2.24, 2.45) is 0 Å². The van der Waals surface area contributed by atoms with Gasteiger partial charge in [0.1, 0.15) is 5.82 Å². The lowest BCUT2D eigenvalue weighted by Gasteiger charge is -2.19. The van der Waals surface area contributed by atoms with Crippen LogP contribution < -0.4 is 5.32 Å². The predicted octanol–water partition coefficient (Wildman–Crippen LogP) is 7.73. The van der Waals surface area contributed by atoms with E-state index in [2.05, 4.69) is 24.4 Å². The second-order valence-corrected chi connectivity index (χ2v) is 9.26. The number of hydrogen-bond acceptors (Lipinski definition) is 3. The molecule has 1 aliphatic carbocycles. The fourth-order valence-corrected chi connectivity index (χ4v) is 4.76. The molecule has 1 aromatic carbocycles. The molecule has 2 N–H and O–H groups in total. The summed E-state index contributed by atoms with van der Waals surface area (Å²) in [5.74, 6) is 0.645. The molecule has 2 aromatic rings. The molecule has 1 aromatic heterocycles. The van der Waals surface area contributed by atoms with E-state index in [1.54, 1.807) is 12.1 Å². The minimum atomic E-state index is -0.889. The van der Waals surface area contributed by atoms with Crippen molar-refractivity contribution in [3.05, 3.63) is 58.8 Å². The zero-order chi connectivity index (χ0) is 22.6. The van der Waals surface area contributed by atoms with Gasteiger partial charge in [-0.3, -0.25) is 0 Å². The molecule has 3 rings (SSSR count). The summed E-state index contributed by atoms with van der Waals surface area (Å²) in [6.07, 6.45) is 17.1. The summed E-state index contributed by atoms with van der Waals surface area (Å²) < 4.78 is 0. The van der Waals surface area contributed by atoms with E-state index in [0.29, 0.717) is 18.0 Å². The summed E-state index contributed by atoms with van der Waals surface area (Å²) in [6.45, 7) is 2.82. The van der Waals surface area contributed by atoms with Gasteiger partial charge in [0.2, 0.25) is 0 Å². The maximum absolute atomic E-state index is 11.1. The second-order valence-electron chi connectivity index (χ2n) is 9.26. The molecule has 0 bridgehead atoms. The fraction of sp³-hybridized carbons (Fsp3) is 0.571. The molecule has 0 amide bonds. The number of aryl methyl sites for hydroxylation is 1. The molecule has 0 unspecified atom stereocenters. The van der Waals surface area contributed by atoms with Gasteiger partial charge >= 0.3 is 5.97 Å². The van der Waals surface area contributed by atoms with Gasteiger partial charge in [-0.05, 0) is 48.6 Å². The Morgan fingerprint density at radius 2 is 1.44 bits per heavy atom. The van der Waals surface area contributed by atoms with Crippen molar-refractivity contribution in [3.63, 3.8) is 0 Å². The van der Waals surface area contributed by atoms with Gasteiger partial charge in [-0.15, -0.1) is 0 Å². The Morgan fingerprint density at radius 1 is 0.875 bits per heavy atom. The van der Waals surface area contributed by atoms with Crippen LogP contribution in [0.4, 0.5) is 5.82 Å². The van der Waals surface area contributed by atoms with Crippen molar-refractivity contribution in [1.29, 1.82) is 0 Å². The van der Waals surface area contributed by atoms with Crippen molar-refractivity contribution < 1.29 is 9.90 Å². The highest BCUT2D eigenvalue weighted by atomic mass is 16.4. The normalized spacial score (nSPS) is 17.0. The molecule has 4 heteroatoms. The first-order chi connectivity index (χ1) is 15.7. The van der Waals surface area contributed by atoms with Crippen LogP contribution >= 0.6 is 0 Å². The lowest BCUT2D eigenvalue weighted by Crippen LogP contribution is -2.09. The van der Waals surface area contributed by atoms with Crippen LogP contribution in [0.3, 0.4) is 0 Å². The monoisotopic (exact) mass is 436 g/mol. The minimum Gasteiger partial charge on any atom is -0.478 e. The van der Waals surface area contributed by atoms with Crippen LogP contribution in [0.5, 0.6) is 0 Å². The van der Waals surface area contributed by atoms with Crippen LogP contribution in [0.1, 0.15) is 117 Å². The summed E-state index contributed by atoms with van der Waals surface area (Å²) in [4.78, 5) is 16.2. The van der Waals surface area contributed by atoms with Gasteiger partial charge in [0.05, 0.1) is 5.56 Å². The summed E-state index contributed by atoms with van der Waals surface area (Å²) in [5.41, 5.74) is 3.86. The second kappa shape index (κ2) is 13.2. The van der Waals surface area contributed by atoms with Gasteiger partial charge in [0, 0.05) is 18.2 Å². The molecule has 0 radical (unpaired) electrons. The molecule has 0 saturated heterocycles. The molecule has 1 fully saturated rings. The number of aromatic nitrogens is 1. The number of aromatic carboxylic acids is 1. The number of carbonyl (C=O) groups is 1. The molecular formula is C28H40N2O2. The van der Waals surface area contributed by atoms with E-state index in [1.807, 2.05) is 12.1 Å². The summed E-state index contributed by atoms with van der Waals surface area (Å²) in [5, 5.41) is 12.6. The zero-order valence-electron chi connectivity index (χ0n) is 19.7. The molecule has 1 saturated carbocycles. The van der Waals surface area contributed by atoms with Crippen LogP contribution in [-0.4, -0.2) is 16.1 Å². The molecule has 1 heterocycles. The Hall–Kier alpha value is -2.36. The molecule has 0 spiro atoms. The molecule has 0 aliphatic heterocycles. The average Bonchev–Trinajstić information content (AvgIpc) is 2.84. The van der Waals surface area contributed by atoms with E-state index >= 15 is 0 Å². The number of carboxylic acids is 1. The predicted molar refractivity (Wildman–Crippen MR) is 132 cm³/mol. The first kappa shape index (κ1) is 24.3. The SMILES string of the molecule is CCc1ccc(C2CCCCCCCCCCCC2)nc1NCc1ccc(C(=O)O)cc1. The van der Waals surface area contributed by atoms with E-state index in [9.17, 15) is 4.79 Å². The Labute approximate surface area is 193 Å². The third-order valence-corrected chi connectivity index (χ3v) is 6.82. The number of carboxylic acid groups (broad SMARTS) is 1. The van der Waals surface area contributed by atoms with Crippen molar-refractivity contribution in [1.82, 2.24) is 4.98 Å². The van der Waals surface area contributed by atoms with E-state index in [1.165, 1.54) is 88.3 Å². The van der Waals surface area contributed by atoms with Crippen LogP contribution in [0.15, 0.2) is 36.4 Å². The summed E-state index contributed by atoms with van der Waals surface area (Å²) in [7, 11) is 0. The first-order valence-corrected chi connectivity index (χ1v) is 12.7. The van der Waals surface area contributed by atoms with Crippen LogP contribution in [0.25, 0.3) is 0 Å². The van der Waals surface area contributed by atoms with Crippen molar-refractivity contribution in [2.45, 2.75) is 103 Å². The summed E-state index contributed by atoms with van der Waals surface area (Å²) >= 11 is 0. The van der Waals surface area contributed by atoms with E-state index in [4.69, 9.17) is 10.1 Å². The number of nitrogens with zero attached hydrogens (tertiary/aromatic N) is 1. The van der Waals surface area contributed by atoms with Crippen molar-refractivity contribution in [2.75, 3.05) is 5.32 Å². The number of pyridine rings is 1. The first-order valence-electron chi connectivity index (χ1n) is 12.7. The van der Waals surface area contributed by atoms with Gasteiger partial charge in [-0.1, -0.05) is 89.3 Å². The van der Waals surface area contributed by atoms with Gasteiger partial charge in [-0.25, -0.2) is 9.78 Å². The van der Waals surface area contributed by atoms with Crippen molar-refractivity contribution in [3.8, 4) is 0 Å². The topological polar surface area (TPSA) is 62.2 Å². The number of benzene rings is 1. The number of rotatable bonds is 6. The van der Waals surface area contributed by atoms with Gasteiger partial charge in [0.25, 0.3) is 0 Å². The standard InChI is InChI=1S/C28H40N2O2/c1-2-23-19-20-26(24-13-11-9-7-5-3-4-6-8-10-12-14-24)30-27(23)29-21-22-15-17-25(18-16-22)28(31)32/h15-20,24H,2-14,21H2,1H3,(H,29,30)(H,31,32). The Morgan fingerprint density at radius 3 is 1.97 bits per heavy atom. The van der Waals surface area contributed by atoms with E-state index in [-0.39, 0.29) is 0 Å². The molecule has 1 aliphatic rings. The minimum absolute atomic E-state index is 0.321. The fourth-order valence-electron chi connectivity index (χ4n) is 4.76. The van der Waals surface area contributed by atoms with Crippen LogP contribution in [0.2, 0.25) is 0 Å². The van der Waals surface area contributed by atoms with Crippen LogP contribution in [0, 0.1) is 0 Å². The largest absolute Gasteiger partial charge is 0.478 e. The zero-order valence-corrected chi connectivity index (χ0v) is 19.7. The van der Waals surface area contributed by atoms with E-state index < -0.39 is 5.97 Å². The summed E-state index contributed by atoms with van der Waals surface area (Å²) in [6, 6.07) is 11.6. The number of nitrogens with one attached hydrogen (secondary N) is 1. The maximum atomic E-state index is 11.1. The van der Waals surface area contributed by atoms with Gasteiger partial charge in [0.15, 0.2) is 0 Å². The molecule has 32 heavy (non-hydrogen) atoms. The third kappa shape index (κ3) is 7.65. The molecule has 0 atom stereocenters. The highest BCUT2D eigenvalue weighted by Gasteiger charge is 2.15. The highest BCUT2D eigenvalue weighted by molar-refractivity contribution is 5.87. The van der Waals surface area contributed by atoms with Crippen molar-refractivity contribution >= 4 is 11.8 Å². The highest BCUT2D eigenvalue weighted by Crippen LogP contribution is 2.30. The van der Waals surface area contributed by atoms with Gasteiger partial charge < -0.3 is 10.4 Å². The third-order valence-electron chi connectivity index (χ3n) is 6.82. The maximum Gasteiger partial charge on any atom is 0.335 e. The average molecular weight is 437 g/mol. The lowest BCUT2D eigenvalue weighted by molar-refractivity contribution is 0.0697. The van der Waals surface area contributed by atoms with Crippen LogP contribution in [-0.2, 0) is 13.0 Å². The number of anilines is 1. The smallest absolute Gasteiger partial charge is 0.335 e. The Kier molecular flexibility index (Phi) is 10.1. The molecule has 174 valence electrons. The Balaban J connectivity index is 1.68. The Bertz CT molecular complexity index is 818. The lowest BCUT2D eigenvalue weighted by atomic mass is 9.91. The number of hydrogen-bond donors (Lipinski definition) is 2. The quantitative estimate of drug-likeness (QED) is 0.486. The van der Waals surface area contributed by atoms with Gasteiger partial charge in [-0.2, -0.15) is 0 Å². The molecule has 4 nitrogen and oxygen atoms in total. The molecular weight excluding hydrogens is 396 g/mol.